The van der Waals surface area contributed by atoms with Crippen LogP contribution < -0.4 is 5.32 Å². The first-order valence-corrected chi connectivity index (χ1v) is 6.81. The third-order valence-electron chi connectivity index (χ3n) is 3.83. The van der Waals surface area contributed by atoms with Crippen LogP contribution in [-0.4, -0.2) is 37.0 Å². The van der Waals surface area contributed by atoms with Crippen molar-refractivity contribution in [1.29, 1.82) is 0 Å². The Labute approximate surface area is 125 Å². The minimum atomic E-state index is -0.211. The van der Waals surface area contributed by atoms with Crippen LogP contribution in [0.4, 0.5) is 4.39 Å². The molecule has 0 bridgehead atoms. The van der Waals surface area contributed by atoms with Gasteiger partial charge in [-0.25, -0.2) is 4.39 Å². The number of hydrogen-bond donors (Lipinski definition) is 1. The molecule has 0 spiro atoms. The molecule has 0 radical (unpaired) electrons. The first-order chi connectivity index (χ1) is 9.11. The number of nitrogens with zero attached hydrogens (tertiary/aromatic N) is 1. The molecule has 1 aliphatic rings. The molecule has 1 heterocycles. The van der Waals surface area contributed by atoms with Gasteiger partial charge in [-0.3, -0.25) is 4.79 Å². The van der Waals surface area contributed by atoms with Crippen molar-refractivity contribution in [3.8, 4) is 0 Å². The van der Waals surface area contributed by atoms with Gasteiger partial charge in [-0.05, 0) is 38.1 Å². The fourth-order valence-corrected chi connectivity index (χ4v) is 2.73. The highest BCUT2D eigenvalue weighted by Crippen LogP contribution is 2.31. The predicted octanol–water partition coefficient (Wildman–Crippen LogP) is 2.56. The molecule has 1 fully saturated rings. The Hall–Kier alpha value is -1.13. The molecule has 1 amide bonds. The molecule has 0 aromatic heterocycles. The Morgan fingerprint density at radius 3 is 2.65 bits per heavy atom. The number of nitrogens with one attached hydrogen (secondary N) is 1. The Balaban J connectivity index is 0.00000200. The minimum absolute atomic E-state index is 0. The summed E-state index contributed by atoms with van der Waals surface area (Å²) in [4.78, 5) is 14.0. The first kappa shape index (κ1) is 16.9. The Bertz CT molecular complexity index is 438. The molecule has 5 heteroatoms. The van der Waals surface area contributed by atoms with Crippen molar-refractivity contribution in [2.24, 2.45) is 0 Å². The maximum Gasteiger partial charge on any atom is 0.224 e. The quantitative estimate of drug-likeness (QED) is 0.927. The van der Waals surface area contributed by atoms with Crippen LogP contribution in [0.1, 0.15) is 31.2 Å². The summed E-state index contributed by atoms with van der Waals surface area (Å²) in [6.45, 7) is 3.54. The summed E-state index contributed by atoms with van der Waals surface area (Å²) in [6, 6.07) is 6.90. The lowest BCUT2D eigenvalue weighted by atomic mass is 9.97. The van der Waals surface area contributed by atoms with Crippen molar-refractivity contribution in [1.82, 2.24) is 10.2 Å². The highest BCUT2D eigenvalue weighted by atomic mass is 35.5. The third-order valence-corrected chi connectivity index (χ3v) is 3.83. The number of rotatable bonds is 4. The van der Waals surface area contributed by atoms with Crippen LogP contribution in [0.5, 0.6) is 0 Å². The second kappa shape index (κ2) is 7.60. The van der Waals surface area contributed by atoms with Gasteiger partial charge in [0.05, 0.1) is 0 Å². The van der Waals surface area contributed by atoms with Gasteiger partial charge in [-0.1, -0.05) is 12.1 Å². The zero-order valence-electron chi connectivity index (χ0n) is 11.9. The molecule has 2 unspecified atom stereocenters. The van der Waals surface area contributed by atoms with Crippen molar-refractivity contribution in [2.75, 3.05) is 20.1 Å². The summed E-state index contributed by atoms with van der Waals surface area (Å²) in [5.74, 6) is 0.317. The average Bonchev–Trinajstić information content (AvgIpc) is 2.79. The van der Waals surface area contributed by atoms with Crippen LogP contribution in [0, 0.1) is 5.82 Å². The van der Waals surface area contributed by atoms with E-state index in [1.807, 2.05) is 24.1 Å². The van der Waals surface area contributed by atoms with Gasteiger partial charge in [0.15, 0.2) is 0 Å². The number of amides is 1. The Morgan fingerprint density at radius 1 is 1.40 bits per heavy atom. The fourth-order valence-electron chi connectivity index (χ4n) is 2.73. The van der Waals surface area contributed by atoms with Crippen LogP contribution in [0.2, 0.25) is 0 Å². The Kier molecular flexibility index (Phi) is 6.43. The molecule has 1 aromatic rings. The van der Waals surface area contributed by atoms with Gasteiger partial charge >= 0.3 is 0 Å². The molecule has 2 rings (SSSR count). The third kappa shape index (κ3) is 3.93. The fraction of sp³-hybridized carbons (Fsp3) is 0.533. The highest BCUT2D eigenvalue weighted by molar-refractivity contribution is 5.85. The van der Waals surface area contributed by atoms with Gasteiger partial charge in [-0.2, -0.15) is 0 Å². The maximum absolute atomic E-state index is 12.9. The summed E-state index contributed by atoms with van der Waals surface area (Å²) in [7, 11) is 1.85. The number of halogens is 2. The van der Waals surface area contributed by atoms with Crippen LogP contribution >= 0.6 is 12.4 Å². The second-order valence-electron chi connectivity index (χ2n) is 5.23. The van der Waals surface area contributed by atoms with E-state index >= 15 is 0 Å². The van der Waals surface area contributed by atoms with E-state index in [9.17, 15) is 9.18 Å². The van der Waals surface area contributed by atoms with E-state index in [4.69, 9.17) is 0 Å². The number of carbonyl (C=O) groups excluding carboxylic acids is 1. The number of benzene rings is 1. The van der Waals surface area contributed by atoms with Gasteiger partial charge in [0, 0.05) is 31.5 Å². The smallest absolute Gasteiger partial charge is 0.224 e. The molecule has 3 nitrogen and oxygen atoms in total. The summed E-state index contributed by atoms with van der Waals surface area (Å²) < 4.78 is 12.9. The lowest BCUT2D eigenvalue weighted by Gasteiger charge is -2.21. The van der Waals surface area contributed by atoms with E-state index in [1.165, 1.54) is 12.1 Å². The van der Waals surface area contributed by atoms with Crippen molar-refractivity contribution in [2.45, 2.75) is 31.7 Å². The molecule has 1 aromatic carbocycles. The first-order valence-electron chi connectivity index (χ1n) is 6.81. The minimum Gasteiger partial charge on any atom is -0.339 e. The number of hydrogen-bond acceptors (Lipinski definition) is 2. The van der Waals surface area contributed by atoms with Crippen molar-refractivity contribution in [3.05, 3.63) is 35.6 Å². The number of carbonyl (C=O) groups is 1. The summed E-state index contributed by atoms with van der Waals surface area (Å²) >= 11 is 0. The molecule has 1 N–H and O–H groups in total. The SMILES string of the molecule is CNCCC(=O)N1CC(c2ccc(F)cc2)CC1C.Cl. The average molecular weight is 301 g/mol. The second-order valence-corrected chi connectivity index (χ2v) is 5.23. The number of likely N-dealkylation sites (tertiary alicyclic amines) is 1. The van der Waals surface area contributed by atoms with Gasteiger partial charge in [0.2, 0.25) is 5.91 Å². The van der Waals surface area contributed by atoms with Crippen LogP contribution in [0.25, 0.3) is 0 Å². The molecule has 20 heavy (non-hydrogen) atoms. The van der Waals surface area contributed by atoms with E-state index in [2.05, 4.69) is 12.2 Å². The van der Waals surface area contributed by atoms with Crippen LogP contribution in [-0.2, 0) is 4.79 Å². The zero-order chi connectivity index (χ0) is 13.8. The van der Waals surface area contributed by atoms with E-state index < -0.39 is 0 Å². The largest absolute Gasteiger partial charge is 0.339 e. The van der Waals surface area contributed by atoms with Crippen LogP contribution in [0.3, 0.4) is 0 Å². The monoisotopic (exact) mass is 300 g/mol. The lowest BCUT2D eigenvalue weighted by Crippen LogP contribution is -2.35. The normalized spacial score (nSPS) is 21.6. The van der Waals surface area contributed by atoms with Gasteiger partial charge in [0.25, 0.3) is 0 Å². The van der Waals surface area contributed by atoms with E-state index in [-0.39, 0.29) is 30.2 Å². The van der Waals surface area contributed by atoms with Gasteiger partial charge < -0.3 is 10.2 Å². The van der Waals surface area contributed by atoms with Crippen molar-refractivity contribution >= 4 is 18.3 Å². The van der Waals surface area contributed by atoms with E-state index in [0.717, 1.165) is 18.5 Å². The molecule has 112 valence electrons. The molecular weight excluding hydrogens is 279 g/mol. The van der Waals surface area contributed by atoms with Crippen molar-refractivity contribution in [3.63, 3.8) is 0 Å². The molecular formula is C15H22ClFN2O. The Morgan fingerprint density at radius 2 is 2.05 bits per heavy atom. The van der Waals surface area contributed by atoms with Gasteiger partial charge in [-0.15, -0.1) is 12.4 Å². The molecule has 2 atom stereocenters. The van der Waals surface area contributed by atoms with Crippen molar-refractivity contribution < 1.29 is 9.18 Å². The molecule has 1 saturated heterocycles. The molecule has 1 aliphatic heterocycles. The lowest BCUT2D eigenvalue weighted by molar-refractivity contribution is -0.131. The van der Waals surface area contributed by atoms with E-state index in [1.54, 1.807) is 0 Å². The topological polar surface area (TPSA) is 32.3 Å². The highest BCUT2D eigenvalue weighted by Gasteiger charge is 2.32. The summed E-state index contributed by atoms with van der Waals surface area (Å²) in [5.41, 5.74) is 1.12. The summed E-state index contributed by atoms with van der Waals surface area (Å²) in [6.07, 6.45) is 1.49. The van der Waals surface area contributed by atoms with E-state index in [0.29, 0.717) is 18.9 Å². The standard InChI is InChI=1S/C15H21FN2O.ClH/c1-11-9-13(12-3-5-14(16)6-4-12)10-18(11)15(19)7-8-17-2;/h3-6,11,13,17H,7-10H2,1-2H3;1H. The zero-order valence-corrected chi connectivity index (χ0v) is 12.8. The van der Waals surface area contributed by atoms with Crippen LogP contribution in [0.15, 0.2) is 24.3 Å². The molecule has 0 saturated carbocycles. The predicted molar refractivity (Wildman–Crippen MR) is 80.7 cm³/mol. The molecule has 0 aliphatic carbocycles. The summed E-state index contributed by atoms with van der Waals surface area (Å²) in [5, 5.41) is 3.00. The van der Waals surface area contributed by atoms with Gasteiger partial charge in [0.1, 0.15) is 5.82 Å². The maximum atomic E-state index is 12.9.